The van der Waals surface area contributed by atoms with Gasteiger partial charge in [-0.05, 0) is 127 Å². The summed E-state index contributed by atoms with van der Waals surface area (Å²) in [5.41, 5.74) is 23.2. The fourth-order valence-electron chi connectivity index (χ4n) is 13.5. The fourth-order valence-corrected chi connectivity index (χ4v) is 13.5. The molecule has 15 rings (SSSR count). The molecule has 2 heteroatoms. The van der Waals surface area contributed by atoms with Crippen molar-refractivity contribution < 1.29 is 0 Å². The summed E-state index contributed by atoms with van der Waals surface area (Å²) < 4.78 is 2.48. The van der Waals surface area contributed by atoms with Gasteiger partial charge < -0.3 is 9.47 Å². The Bertz CT molecular complexity index is 4230. The largest absolute Gasteiger partial charge is 0.310 e. The van der Waals surface area contributed by atoms with Gasteiger partial charge in [-0.2, -0.15) is 0 Å². The molecule has 2 aliphatic carbocycles. The van der Waals surface area contributed by atoms with Crippen molar-refractivity contribution in [2.75, 3.05) is 4.90 Å². The third-order valence-electron chi connectivity index (χ3n) is 16.5. The highest BCUT2D eigenvalue weighted by Gasteiger charge is 2.48. The van der Waals surface area contributed by atoms with E-state index in [1.165, 1.54) is 88.7 Å². The number of benzene rings is 12. The molecular weight excluding hydrogens is 917 g/mol. The summed E-state index contributed by atoms with van der Waals surface area (Å²) in [5.74, 6) is 0. The van der Waals surface area contributed by atoms with Crippen LogP contribution in [0.2, 0.25) is 0 Å². The van der Waals surface area contributed by atoms with Crippen LogP contribution in [-0.4, -0.2) is 4.57 Å². The number of rotatable bonds is 9. The third kappa shape index (κ3) is 6.34. The van der Waals surface area contributed by atoms with Crippen molar-refractivity contribution >= 4 is 38.9 Å². The molecule has 76 heavy (non-hydrogen) atoms. The molecule has 0 radical (unpaired) electrons. The van der Waals surface area contributed by atoms with E-state index in [0.29, 0.717) is 0 Å². The highest BCUT2D eigenvalue weighted by Crippen LogP contribution is 2.60. The first-order valence-corrected chi connectivity index (χ1v) is 26.4. The summed E-state index contributed by atoms with van der Waals surface area (Å²) in [7, 11) is 0. The molecule has 0 atom stereocenters. The van der Waals surface area contributed by atoms with Gasteiger partial charge in [0.2, 0.25) is 0 Å². The summed E-state index contributed by atoms with van der Waals surface area (Å²) in [4.78, 5) is 2.51. The van der Waals surface area contributed by atoms with E-state index in [-0.39, 0.29) is 0 Å². The Kier molecular flexibility index (Phi) is 10.0. The Hall–Kier alpha value is -9.76. The molecule has 2 nitrogen and oxygen atoms in total. The van der Waals surface area contributed by atoms with E-state index in [1.807, 2.05) is 0 Å². The molecule has 0 unspecified atom stereocenters. The van der Waals surface area contributed by atoms with Gasteiger partial charge in [-0.3, -0.25) is 0 Å². The van der Waals surface area contributed by atoms with Gasteiger partial charge in [-0.1, -0.05) is 249 Å². The first-order chi connectivity index (χ1) is 37.7. The van der Waals surface area contributed by atoms with Crippen LogP contribution in [0.4, 0.5) is 17.1 Å². The number of nitrogens with zero attached hydrogens (tertiary/aromatic N) is 2. The molecule has 1 heterocycles. The van der Waals surface area contributed by atoms with Crippen LogP contribution in [0.25, 0.3) is 60.9 Å². The van der Waals surface area contributed by atoms with Crippen molar-refractivity contribution in [1.29, 1.82) is 0 Å². The van der Waals surface area contributed by atoms with Crippen molar-refractivity contribution in [1.82, 2.24) is 4.57 Å². The SMILES string of the molecule is c1ccc(-c2ccc(N(c3ccc4c(c3)c3ccc(C5(c6ccccc6)c6ccccc6-c6ccccc65)cc3n4-c3ccccc3)c3cccc4c3-c3ccccc3C4(c3ccccc3)c3ccccc3)cc2)cc1. The second-order valence-electron chi connectivity index (χ2n) is 20.3. The second-order valence-corrected chi connectivity index (χ2v) is 20.3. The van der Waals surface area contributed by atoms with E-state index in [4.69, 9.17) is 0 Å². The lowest BCUT2D eigenvalue weighted by molar-refractivity contribution is 0.768. The van der Waals surface area contributed by atoms with Gasteiger partial charge in [0.25, 0.3) is 0 Å². The molecule has 13 aromatic rings. The van der Waals surface area contributed by atoms with Crippen LogP contribution in [0.1, 0.15) is 44.5 Å². The summed E-state index contributed by atoms with van der Waals surface area (Å²) in [6.45, 7) is 0. The quantitative estimate of drug-likeness (QED) is 0.140. The lowest BCUT2D eigenvalue weighted by Gasteiger charge is -2.34. The van der Waals surface area contributed by atoms with E-state index >= 15 is 0 Å². The molecule has 0 fully saturated rings. The van der Waals surface area contributed by atoms with Crippen molar-refractivity contribution in [3.05, 3.63) is 348 Å². The maximum Gasteiger partial charge on any atom is 0.0714 e. The highest BCUT2D eigenvalue weighted by atomic mass is 15.1. The molecule has 12 aromatic carbocycles. The summed E-state index contributed by atoms with van der Waals surface area (Å²) in [5, 5.41) is 2.38. The number of para-hydroxylation sites is 1. The molecular formula is C74H50N2. The molecule has 0 spiro atoms. The lowest BCUT2D eigenvalue weighted by Crippen LogP contribution is -2.28. The van der Waals surface area contributed by atoms with Crippen molar-refractivity contribution in [3.63, 3.8) is 0 Å². The standard InChI is InChI=1S/C74H50N2/c1-6-23-51(24-7-1)52-41-44-58(45-42-52)75(70-40-22-39-68-72(70)63-35-18-21-38-67(63)73(68,53-25-8-2-9-26-53)54-27-10-3-11-28-54)59-46-48-69-64(50-59)62-47-43-56(49-71(62)76(69)57-31-14-5-15-32-57)74(55-29-12-4-13-30-55)65-36-19-16-33-60(65)61-34-17-20-37-66(61)74/h1-50H. The van der Waals surface area contributed by atoms with E-state index in [1.54, 1.807) is 0 Å². The Morgan fingerprint density at radius 1 is 0.276 bits per heavy atom. The number of anilines is 3. The molecule has 0 aliphatic heterocycles. The van der Waals surface area contributed by atoms with Crippen LogP contribution in [0, 0.1) is 0 Å². The van der Waals surface area contributed by atoms with Gasteiger partial charge in [0.05, 0.1) is 27.6 Å². The molecule has 0 N–H and O–H groups in total. The minimum absolute atomic E-state index is 0.535. The summed E-state index contributed by atoms with van der Waals surface area (Å²) in [6, 6.07) is 113. The van der Waals surface area contributed by atoms with Crippen LogP contribution in [0.5, 0.6) is 0 Å². The predicted octanol–water partition coefficient (Wildman–Crippen LogP) is 18.6. The topological polar surface area (TPSA) is 8.17 Å². The van der Waals surface area contributed by atoms with Crippen LogP contribution in [-0.2, 0) is 10.8 Å². The molecule has 1 aromatic heterocycles. The lowest BCUT2D eigenvalue weighted by atomic mass is 9.67. The number of aromatic nitrogens is 1. The molecule has 0 amide bonds. The zero-order valence-corrected chi connectivity index (χ0v) is 41.8. The smallest absolute Gasteiger partial charge is 0.0714 e. The third-order valence-corrected chi connectivity index (χ3v) is 16.5. The average molecular weight is 967 g/mol. The fraction of sp³-hybridized carbons (Fsp3) is 0.0270. The molecule has 0 saturated heterocycles. The zero-order chi connectivity index (χ0) is 50.2. The van der Waals surface area contributed by atoms with Gasteiger partial charge in [-0.15, -0.1) is 0 Å². The van der Waals surface area contributed by atoms with Gasteiger partial charge in [0.15, 0.2) is 0 Å². The summed E-state index contributed by atoms with van der Waals surface area (Å²) in [6.07, 6.45) is 0. The van der Waals surface area contributed by atoms with Crippen LogP contribution < -0.4 is 4.90 Å². The first-order valence-electron chi connectivity index (χ1n) is 26.4. The molecule has 0 bridgehead atoms. The minimum atomic E-state index is -0.546. The molecule has 2 aliphatic rings. The van der Waals surface area contributed by atoms with E-state index < -0.39 is 10.8 Å². The van der Waals surface area contributed by atoms with Crippen molar-refractivity contribution in [2.24, 2.45) is 0 Å². The Labute approximate surface area is 443 Å². The Balaban J connectivity index is 0.996. The van der Waals surface area contributed by atoms with Gasteiger partial charge >= 0.3 is 0 Å². The predicted molar refractivity (Wildman–Crippen MR) is 316 cm³/mol. The molecule has 0 saturated carbocycles. The van der Waals surface area contributed by atoms with E-state index in [9.17, 15) is 0 Å². The van der Waals surface area contributed by atoms with E-state index in [2.05, 4.69) is 313 Å². The van der Waals surface area contributed by atoms with Crippen LogP contribution >= 0.6 is 0 Å². The van der Waals surface area contributed by atoms with Gasteiger partial charge in [-0.25, -0.2) is 0 Å². The maximum absolute atomic E-state index is 2.51. The Morgan fingerprint density at radius 3 is 1.33 bits per heavy atom. The number of fused-ring (bicyclic) bond motifs is 9. The van der Waals surface area contributed by atoms with Crippen LogP contribution in [0.15, 0.2) is 303 Å². The monoisotopic (exact) mass is 966 g/mol. The number of hydrogen-bond donors (Lipinski definition) is 0. The number of hydrogen-bond acceptors (Lipinski definition) is 1. The highest BCUT2D eigenvalue weighted by molar-refractivity contribution is 6.11. The molecule has 356 valence electrons. The van der Waals surface area contributed by atoms with E-state index in [0.717, 1.165) is 33.8 Å². The first kappa shape index (κ1) is 43.8. The average Bonchev–Trinajstić information content (AvgIpc) is 4.33. The Morgan fingerprint density at radius 2 is 0.737 bits per heavy atom. The van der Waals surface area contributed by atoms with Crippen molar-refractivity contribution in [3.8, 4) is 39.1 Å². The minimum Gasteiger partial charge on any atom is -0.310 e. The normalized spacial score (nSPS) is 13.5. The van der Waals surface area contributed by atoms with Crippen LogP contribution in [0.3, 0.4) is 0 Å². The van der Waals surface area contributed by atoms with Crippen molar-refractivity contribution in [2.45, 2.75) is 10.8 Å². The van der Waals surface area contributed by atoms with Gasteiger partial charge in [0, 0.05) is 33.4 Å². The second kappa shape index (κ2) is 17.4. The van der Waals surface area contributed by atoms with Gasteiger partial charge in [0.1, 0.15) is 0 Å². The zero-order valence-electron chi connectivity index (χ0n) is 41.8. The summed E-state index contributed by atoms with van der Waals surface area (Å²) >= 11 is 0. The maximum atomic E-state index is 2.51.